The predicted molar refractivity (Wildman–Crippen MR) is 98.2 cm³/mol. The lowest BCUT2D eigenvalue weighted by atomic mass is 10.3. The summed E-state index contributed by atoms with van der Waals surface area (Å²) in [7, 11) is 1.53. The minimum atomic E-state index is -0.250. The summed E-state index contributed by atoms with van der Waals surface area (Å²) in [6, 6.07) is 1.87. The van der Waals surface area contributed by atoms with Gasteiger partial charge in [0.1, 0.15) is 12.4 Å². The first-order valence-electron chi connectivity index (χ1n) is 8.77. The zero-order chi connectivity index (χ0) is 20.6. The highest BCUT2D eigenvalue weighted by molar-refractivity contribution is 5.90. The van der Waals surface area contributed by atoms with Crippen molar-refractivity contribution < 1.29 is 19.4 Å². The molecule has 1 amide bonds. The molecular weight excluding hydrogens is 380 g/mol. The zero-order valence-corrected chi connectivity index (χ0v) is 15.7. The Morgan fingerprint density at radius 2 is 2.00 bits per heavy atom. The molecule has 0 aromatic carbocycles. The van der Waals surface area contributed by atoms with E-state index in [0.717, 1.165) is 11.6 Å². The van der Waals surface area contributed by atoms with Gasteiger partial charge < -0.3 is 19.3 Å². The maximum atomic E-state index is 12.7. The second-order valence-corrected chi connectivity index (χ2v) is 5.98. The van der Waals surface area contributed by atoms with Crippen LogP contribution in [0.1, 0.15) is 22.3 Å². The van der Waals surface area contributed by atoms with E-state index in [0.29, 0.717) is 38.3 Å². The molecule has 3 aromatic heterocycles. The summed E-state index contributed by atoms with van der Waals surface area (Å²) in [6.07, 6.45) is 7.24. The smallest absolute Gasteiger partial charge is 0.291 e. The maximum Gasteiger partial charge on any atom is 0.291 e. The highest BCUT2D eigenvalue weighted by Crippen LogP contribution is 2.13. The number of ether oxygens (including phenoxy) is 1. The Labute approximate surface area is 165 Å². The molecule has 0 bridgehead atoms. The van der Waals surface area contributed by atoms with Gasteiger partial charge in [-0.25, -0.2) is 9.97 Å². The van der Waals surface area contributed by atoms with E-state index in [1.807, 2.05) is 12.3 Å². The Morgan fingerprint density at radius 1 is 1.24 bits per heavy atom. The topological polar surface area (TPSA) is 141 Å². The van der Waals surface area contributed by atoms with E-state index in [-0.39, 0.29) is 18.2 Å². The third-order valence-corrected chi connectivity index (χ3v) is 4.31. The van der Waals surface area contributed by atoms with Crippen molar-refractivity contribution in [1.29, 1.82) is 0 Å². The molecule has 29 heavy (non-hydrogen) atoms. The summed E-state index contributed by atoms with van der Waals surface area (Å²) >= 11 is 0. The molecule has 4 heterocycles. The van der Waals surface area contributed by atoms with Crippen molar-refractivity contribution in [2.75, 3.05) is 20.2 Å². The van der Waals surface area contributed by atoms with Gasteiger partial charge in [-0.2, -0.15) is 5.10 Å². The zero-order valence-electron chi connectivity index (χ0n) is 15.7. The molecule has 4 rings (SSSR count). The Hall–Kier alpha value is -3.83. The van der Waals surface area contributed by atoms with Crippen LogP contribution in [0.2, 0.25) is 0 Å². The molecule has 0 aliphatic carbocycles. The van der Waals surface area contributed by atoms with Gasteiger partial charge in [0.25, 0.3) is 12.4 Å². The Balaban J connectivity index is 0.000000755. The number of aromatic nitrogens is 7. The van der Waals surface area contributed by atoms with Crippen molar-refractivity contribution in [3.8, 4) is 5.75 Å². The fourth-order valence-corrected chi connectivity index (χ4v) is 2.92. The fourth-order valence-electron chi connectivity index (χ4n) is 2.92. The summed E-state index contributed by atoms with van der Waals surface area (Å²) in [6.45, 7) is 2.02. The van der Waals surface area contributed by atoms with Crippen LogP contribution >= 0.6 is 0 Å². The van der Waals surface area contributed by atoms with Gasteiger partial charge in [-0.3, -0.25) is 14.3 Å². The number of nitrogens with zero attached hydrogens (tertiary/aromatic N) is 8. The van der Waals surface area contributed by atoms with Crippen molar-refractivity contribution in [2.24, 2.45) is 0 Å². The molecule has 1 aliphatic heterocycles. The molecule has 0 fully saturated rings. The molecule has 12 nitrogen and oxygen atoms in total. The van der Waals surface area contributed by atoms with Crippen LogP contribution in [0.25, 0.3) is 0 Å². The molecule has 1 N–H and O–H groups in total. The van der Waals surface area contributed by atoms with Gasteiger partial charge in [0.2, 0.25) is 5.82 Å². The van der Waals surface area contributed by atoms with Crippen LogP contribution in [0.15, 0.2) is 30.9 Å². The SMILES string of the molecule is COc1cnc(C(=O)N2CCc3nnc(Cn4cccn4)n3CC2)nc1.O=CO. The highest BCUT2D eigenvalue weighted by atomic mass is 16.5. The van der Waals surface area contributed by atoms with E-state index in [9.17, 15) is 4.79 Å². The van der Waals surface area contributed by atoms with Crippen LogP contribution in [0, 0.1) is 0 Å². The molecule has 0 spiro atoms. The Bertz CT molecular complexity index is 939. The molecule has 0 radical (unpaired) electrons. The molecule has 1 aliphatic rings. The minimum absolute atomic E-state index is 0.167. The van der Waals surface area contributed by atoms with Crippen molar-refractivity contribution in [1.82, 2.24) is 39.4 Å². The van der Waals surface area contributed by atoms with Gasteiger partial charge in [0, 0.05) is 38.4 Å². The van der Waals surface area contributed by atoms with Crippen LogP contribution in [0.5, 0.6) is 5.75 Å². The first kappa shape index (κ1) is 19.9. The number of carbonyl (C=O) groups excluding carboxylic acids is 1. The van der Waals surface area contributed by atoms with Crippen molar-refractivity contribution in [3.63, 3.8) is 0 Å². The van der Waals surface area contributed by atoms with Crippen LogP contribution in [0.4, 0.5) is 0 Å². The van der Waals surface area contributed by atoms with Gasteiger partial charge in [-0.1, -0.05) is 0 Å². The predicted octanol–water partition coefficient (Wildman–Crippen LogP) is -0.279. The Kier molecular flexibility index (Phi) is 6.45. The lowest BCUT2D eigenvalue weighted by molar-refractivity contribution is -0.122. The van der Waals surface area contributed by atoms with Crippen LogP contribution in [-0.2, 0) is 24.3 Å². The van der Waals surface area contributed by atoms with E-state index in [1.54, 1.807) is 15.8 Å². The van der Waals surface area contributed by atoms with E-state index in [1.165, 1.54) is 19.5 Å². The average Bonchev–Trinajstić information content (AvgIpc) is 3.34. The second kappa shape index (κ2) is 9.39. The van der Waals surface area contributed by atoms with Gasteiger partial charge in [-0.05, 0) is 6.07 Å². The summed E-state index contributed by atoms with van der Waals surface area (Å²) in [5, 5.41) is 19.6. The standard InChI is InChI=1S/C16H18N8O2.CH2O2/c1-26-12-9-17-15(18-10-12)16(25)22-6-3-13-20-21-14(24(13)8-7-22)11-23-5-2-4-19-23;2-1-3/h2,4-5,9-10H,3,6-8,11H2,1H3;1H,(H,2,3). The van der Waals surface area contributed by atoms with Gasteiger partial charge in [-0.15, -0.1) is 10.2 Å². The number of hydrogen-bond donors (Lipinski definition) is 1. The maximum absolute atomic E-state index is 12.7. The number of rotatable bonds is 4. The molecule has 0 saturated heterocycles. The quantitative estimate of drug-likeness (QED) is 0.585. The summed E-state index contributed by atoms with van der Waals surface area (Å²) in [4.78, 5) is 30.9. The minimum Gasteiger partial charge on any atom is -0.494 e. The summed E-state index contributed by atoms with van der Waals surface area (Å²) in [5.74, 6) is 2.20. The lowest BCUT2D eigenvalue weighted by Crippen LogP contribution is -2.35. The fraction of sp³-hybridized carbons (Fsp3) is 0.353. The van der Waals surface area contributed by atoms with Crippen LogP contribution in [0.3, 0.4) is 0 Å². The van der Waals surface area contributed by atoms with E-state index in [2.05, 4.69) is 29.8 Å². The van der Waals surface area contributed by atoms with Gasteiger partial charge in [0.15, 0.2) is 11.6 Å². The van der Waals surface area contributed by atoms with Crippen molar-refractivity contribution in [3.05, 3.63) is 48.3 Å². The van der Waals surface area contributed by atoms with E-state index >= 15 is 0 Å². The van der Waals surface area contributed by atoms with Crippen molar-refractivity contribution >= 4 is 12.4 Å². The third kappa shape index (κ3) is 4.72. The molecule has 3 aromatic rings. The monoisotopic (exact) mass is 400 g/mol. The Morgan fingerprint density at radius 3 is 2.66 bits per heavy atom. The molecule has 0 saturated carbocycles. The van der Waals surface area contributed by atoms with Crippen LogP contribution in [-0.4, -0.2) is 77.1 Å². The lowest BCUT2D eigenvalue weighted by Gasteiger charge is -2.19. The van der Waals surface area contributed by atoms with E-state index in [4.69, 9.17) is 14.6 Å². The second-order valence-electron chi connectivity index (χ2n) is 5.98. The number of methoxy groups -OCH3 is 1. The molecule has 12 heteroatoms. The summed E-state index contributed by atoms with van der Waals surface area (Å²) < 4.78 is 8.89. The molecule has 0 unspecified atom stereocenters. The van der Waals surface area contributed by atoms with Gasteiger partial charge >= 0.3 is 0 Å². The van der Waals surface area contributed by atoms with Gasteiger partial charge in [0.05, 0.1) is 19.5 Å². The molecule has 152 valence electrons. The number of carbonyl (C=O) groups is 2. The average molecular weight is 400 g/mol. The molecular formula is C17H20N8O4. The molecule has 0 atom stereocenters. The number of fused-ring (bicyclic) bond motifs is 1. The van der Waals surface area contributed by atoms with E-state index < -0.39 is 0 Å². The normalized spacial score (nSPS) is 12.9. The first-order chi connectivity index (χ1) is 14.2. The summed E-state index contributed by atoms with van der Waals surface area (Å²) in [5.41, 5.74) is 0. The third-order valence-electron chi connectivity index (χ3n) is 4.31. The number of amides is 1. The first-order valence-corrected chi connectivity index (χ1v) is 8.77. The van der Waals surface area contributed by atoms with Crippen LogP contribution < -0.4 is 4.74 Å². The highest BCUT2D eigenvalue weighted by Gasteiger charge is 2.24. The number of hydrogen-bond acceptors (Lipinski definition) is 8. The van der Waals surface area contributed by atoms with Crippen molar-refractivity contribution in [2.45, 2.75) is 19.5 Å². The number of carboxylic acid groups (broad SMARTS) is 1. The largest absolute Gasteiger partial charge is 0.494 e.